The van der Waals surface area contributed by atoms with Crippen LogP contribution in [0.5, 0.6) is 0 Å². The van der Waals surface area contributed by atoms with Crippen LogP contribution in [0.3, 0.4) is 0 Å². The average Bonchev–Trinajstić information content (AvgIpc) is 2.63. The summed E-state index contributed by atoms with van der Waals surface area (Å²) in [5, 5.41) is 3.07. The largest absolute Gasteiger partial charge is 0.320 e. The molecule has 0 aromatic heterocycles. The number of benzene rings is 1. The van der Waals surface area contributed by atoms with Gasteiger partial charge in [-0.15, -0.1) is 32.4 Å². The minimum atomic E-state index is -2.18. The third kappa shape index (κ3) is 12.9. The fourth-order valence-electron chi connectivity index (χ4n) is 0.947. The molecule has 26 heavy (non-hydrogen) atoms. The highest BCUT2D eigenvalue weighted by molar-refractivity contribution is 7.80. The van der Waals surface area contributed by atoms with E-state index in [0.717, 1.165) is 6.54 Å². The van der Waals surface area contributed by atoms with Crippen LogP contribution in [0, 0.1) is 34.5 Å². The number of allylic oxidation sites excluding steroid dienone is 1. The number of hydrogen-bond acceptors (Lipinski definition) is 2. The smallest absolute Gasteiger partial charge is 0.200 e. The Balaban J connectivity index is -0.000000322. The molecule has 0 amide bonds. The number of hydrogen-bond donors (Lipinski definition) is 2. The number of unbranched alkanes of at least 4 members (excludes halogenated alkanes) is 1. The van der Waals surface area contributed by atoms with Crippen molar-refractivity contribution in [1.29, 1.82) is 0 Å². The van der Waals surface area contributed by atoms with Gasteiger partial charge >= 0.3 is 0 Å². The molecule has 0 heterocycles. The molecule has 1 N–H and O–H groups in total. The van der Waals surface area contributed by atoms with E-state index in [4.69, 9.17) is 0 Å². The van der Waals surface area contributed by atoms with Crippen molar-refractivity contribution in [2.75, 3.05) is 13.6 Å². The summed E-state index contributed by atoms with van der Waals surface area (Å²) in [6, 6.07) is 0. The van der Waals surface area contributed by atoms with Crippen molar-refractivity contribution in [3.8, 4) is 0 Å². The van der Waals surface area contributed by atoms with Crippen LogP contribution in [0.15, 0.2) is 30.7 Å². The van der Waals surface area contributed by atoms with Gasteiger partial charge in [0.1, 0.15) is 0 Å². The van der Waals surface area contributed by atoms with Crippen molar-refractivity contribution in [3.63, 3.8) is 0 Å². The van der Waals surface area contributed by atoms with Gasteiger partial charge in [-0.2, -0.15) is 0 Å². The second-order valence-corrected chi connectivity index (χ2v) is 6.39. The van der Waals surface area contributed by atoms with Crippen molar-refractivity contribution in [3.05, 3.63) is 54.9 Å². The van der Waals surface area contributed by atoms with Crippen LogP contribution in [0.1, 0.15) is 40.5 Å². The molecule has 1 aromatic carbocycles. The lowest BCUT2D eigenvalue weighted by Crippen LogP contribution is -2.06. The van der Waals surface area contributed by atoms with E-state index in [-0.39, 0.29) is 0 Å². The van der Waals surface area contributed by atoms with Gasteiger partial charge in [-0.05, 0) is 25.4 Å². The van der Waals surface area contributed by atoms with Gasteiger partial charge in [-0.1, -0.05) is 40.2 Å². The Morgan fingerprint density at radius 3 is 1.42 bits per heavy atom. The molecule has 0 saturated heterocycles. The van der Waals surface area contributed by atoms with Crippen LogP contribution >= 0.6 is 12.6 Å². The molecule has 152 valence electrons. The first kappa shape index (κ1) is 29.4. The predicted octanol–water partition coefficient (Wildman–Crippen LogP) is 6.70. The molecule has 0 unspecified atom stereocenters. The minimum Gasteiger partial charge on any atom is -0.320 e. The molecule has 1 aromatic rings. The van der Waals surface area contributed by atoms with Crippen molar-refractivity contribution in [1.82, 2.24) is 5.32 Å². The van der Waals surface area contributed by atoms with Crippen molar-refractivity contribution in [2.45, 2.75) is 45.4 Å². The molecule has 0 aliphatic heterocycles. The quantitative estimate of drug-likeness (QED) is 0.144. The van der Waals surface area contributed by atoms with E-state index in [1.54, 1.807) is 0 Å². The van der Waals surface area contributed by atoms with Gasteiger partial charge in [0.2, 0.25) is 5.82 Å². The Labute approximate surface area is 159 Å². The number of thiol groups is 1. The summed E-state index contributed by atoms with van der Waals surface area (Å²) in [7, 11) is 1.98. The predicted molar refractivity (Wildman–Crippen MR) is 103 cm³/mol. The lowest BCUT2D eigenvalue weighted by molar-refractivity contribution is 0.361. The fraction of sp³-hybridized carbons (Fsp3) is 0.474. The zero-order chi connectivity index (χ0) is 21.5. The van der Waals surface area contributed by atoms with Gasteiger partial charge in [-0.3, -0.25) is 0 Å². The number of halogens is 5. The highest BCUT2D eigenvalue weighted by atomic mass is 32.1. The summed E-state index contributed by atoms with van der Waals surface area (Å²) >= 11 is 3.10. The standard InChI is InChI=1S/C6HF5S.C6H12.C5H13N.C2H4/c7-1-2(8)4(10)6(12)5(11)3(1)9;1-5-6(2,3)4;1-3-4-5-6-2;1-2/h12H;5H,1H2,2-4H3;6H,3-5H2,1-2H3;1-2H2. The zero-order valence-corrected chi connectivity index (χ0v) is 17.1. The second-order valence-electron chi connectivity index (χ2n) is 5.95. The van der Waals surface area contributed by atoms with Crippen LogP contribution in [-0.2, 0) is 0 Å². The number of nitrogens with one attached hydrogen (secondary N) is 1. The third-order valence-electron chi connectivity index (χ3n) is 2.58. The fourth-order valence-corrected chi connectivity index (χ4v) is 1.14. The second kappa shape index (κ2) is 15.9. The van der Waals surface area contributed by atoms with Crippen LogP contribution in [0.2, 0.25) is 0 Å². The Morgan fingerprint density at radius 1 is 0.923 bits per heavy atom. The topological polar surface area (TPSA) is 12.0 Å². The first-order valence-electron chi connectivity index (χ1n) is 7.93. The summed E-state index contributed by atoms with van der Waals surface area (Å²) in [4.78, 5) is -1.17. The molecule has 0 bridgehead atoms. The van der Waals surface area contributed by atoms with E-state index in [1.807, 2.05) is 13.1 Å². The van der Waals surface area contributed by atoms with Crippen LogP contribution < -0.4 is 5.32 Å². The van der Waals surface area contributed by atoms with Gasteiger partial charge in [0.05, 0.1) is 4.90 Å². The van der Waals surface area contributed by atoms with E-state index in [2.05, 4.69) is 65.4 Å². The van der Waals surface area contributed by atoms with E-state index in [1.165, 1.54) is 12.8 Å². The SMILES string of the molecule is C=C.C=CC(C)(C)C.CCCCNC.Fc1c(F)c(F)c(S)c(F)c1F. The van der Waals surface area contributed by atoms with Gasteiger partial charge in [0, 0.05) is 0 Å². The van der Waals surface area contributed by atoms with Crippen molar-refractivity contribution < 1.29 is 22.0 Å². The molecule has 0 radical (unpaired) electrons. The van der Waals surface area contributed by atoms with E-state index < -0.39 is 34.0 Å². The summed E-state index contributed by atoms with van der Waals surface area (Å²) in [5.74, 6) is -10.00. The molecule has 0 aliphatic carbocycles. The zero-order valence-electron chi connectivity index (χ0n) is 16.2. The van der Waals surface area contributed by atoms with Crippen LogP contribution in [0.4, 0.5) is 22.0 Å². The van der Waals surface area contributed by atoms with Crippen molar-refractivity contribution >= 4 is 12.6 Å². The highest BCUT2D eigenvalue weighted by Gasteiger charge is 2.23. The Kier molecular flexibility index (Phi) is 18.0. The van der Waals surface area contributed by atoms with Gasteiger partial charge < -0.3 is 5.32 Å². The molecular weight excluding hydrogens is 369 g/mol. The van der Waals surface area contributed by atoms with Crippen LogP contribution in [-0.4, -0.2) is 13.6 Å². The van der Waals surface area contributed by atoms with Crippen LogP contribution in [0.25, 0.3) is 0 Å². The molecule has 0 fully saturated rings. The molecule has 0 atom stereocenters. The van der Waals surface area contributed by atoms with E-state index >= 15 is 0 Å². The molecule has 0 spiro atoms. The molecule has 1 rings (SSSR count). The molecule has 7 heteroatoms. The van der Waals surface area contributed by atoms with E-state index in [9.17, 15) is 22.0 Å². The third-order valence-corrected chi connectivity index (χ3v) is 2.97. The maximum Gasteiger partial charge on any atom is 0.200 e. The van der Waals surface area contributed by atoms with Crippen molar-refractivity contribution in [2.24, 2.45) is 5.41 Å². The lowest BCUT2D eigenvalue weighted by atomic mass is 9.98. The molecular formula is C19H30F5NS. The maximum atomic E-state index is 12.3. The maximum absolute atomic E-state index is 12.3. The van der Waals surface area contributed by atoms with Gasteiger partial charge in [0.25, 0.3) is 0 Å². The molecule has 0 aliphatic rings. The molecule has 0 saturated carbocycles. The summed E-state index contributed by atoms with van der Waals surface area (Å²) in [6.07, 6.45) is 4.53. The Bertz CT molecular complexity index is 419. The Morgan fingerprint density at radius 2 is 1.23 bits per heavy atom. The minimum absolute atomic E-state index is 0.306. The van der Waals surface area contributed by atoms with Gasteiger partial charge in [0.15, 0.2) is 23.3 Å². The monoisotopic (exact) mass is 399 g/mol. The normalized spacial score (nSPS) is 9.65. The Hall–Kier alpha value is -1.34. The summed E-state index contributed by atoms with van der Waals surface area (Å²) < 4.78 is 61.3. The molecule has 1 nitrogen and oxygen atoms in total. The van der Waals surface area contributed by atoms with E-state index in [0.29, 0.717) is 5.41 Å². The summed E-state index contributed by atoms with van der Waals surface area (Å²) in [6.45, 7) is 19.4. The highest BCUT2D eigenvalue weighted by Crippen LogP contribution is 2.24. The first-order valence-corrected chi connectivity index (χ1v) is 8.37. The van der Waals surface area contributed by atoms with Gasteiger partial charge in [-0.25, -0.2) is 22.0 Å². The first-order chi connectivity index (χ1) is 11.9. The summed E-state index contributed by atoms with van der Waals surface area (Å²) in [5.41, 5.74) is 0.306. The lowest BCUT2D eigenvalue weighted by Gasteiger charge is -2.08. The number of rotatable bonds is 3. The average molecular weight is 400 g/mol.